The molecular formula is C15H19FN2O3. The lowest BCUT2D eigenvalue weighted by Gasteiger charge is -2.35. The Bertz CT molecular complexity index is 530. The van der Waals surface area contributed by atoms with Gasteiger partial charge in [-0.05, 0) is 18.2 Å². The zero-order valence-corrected chi connectivity index (χ0v) is 11.8. The molecule has 5 nitrogen and oxygen atoms in total. The molecule has 2 aliphatic heterocycles. The smallest absolute Gasteiger partial charge is 0.248 e. The van der Waals surface area contributed by atoms with Gasteiger partial charge in [0.15, 0.2) is 0 Å². The largest absolute Gasteiger partial charge is 0.488 e. The standard InChI is InChI=1S/C15H19FN2O3/c16-12-1-2-14-11(7-12)8-13(21-14)9-17-3-5-18(6-4-17)15(20)10-19/h1-2,7,13,19H,3-6,8-10H2. The van der Waals surface area contributed by atoms with Gasteiger partial charge in [0, 0.05) is 44.7 Å². The third-order valence-corrected chi connectivity index (χ3v) is 4.09. The van der Waals surface area contributed by atoms with Gasteiger partial charge in [-0.25, -0.2) is 4.39 Å². The molecule has 1 aromatic carbocycles. The molecule has 1 N–H and O–H groups in total. The van der Waals surface area contributed by atoms with Crippen molar-refractivity contribution in [3.63, 3.8) is 0 Å². The van der Waals surface area contributed by atoms with Crippen molar-refractivity contribution in [2.45, 2.75) is 12.5 Å². The van der Waals surface area contributed by atoms with Crippen LogP contribution in [0.25, 0.3) is 0 Å². The Labute approximate surface area is 122 Å². The minimum absolute atomic E-state index is 0.0434. The maximum absolute atomic E-state index is 13.2. The number of halogens is 1. The summed E-state index contributed by atoms with van der Waals surface area (Å²) in [5.74, 6) is 0.333. The quantitative estimate of drug-likeness (QED) is 0.869. The summed E-state index contributed by atoms with van der Waals surface area (Å²) in [6, 6.07) is 4.64. The fourth-order valence-corrected chi connectivity index (χ4v) is 2.96. The molecule has 0 saturated carbocycles. The number of hydrogen-bond acceptors (Lipinski definition) is 4. The molecule has 1 saturated heterocycles. The van der Waals surface area contributed by atoms with Crippen LogP contribution in [0.3, 0.4) is 0 Å². The highest BCUT2D eigenvalue weighted by Gasteiger charge is 2.27. The lowest BCUT2D eigenvalue weighted by atomic mass is 10.1. The minimum atomic E-state index is -0.424. The summed E-state index contributed by atoms with van der Waals surface area (Å²) in [4.78, 5) is 15.3. The molecule has 1 fully saturated rings. The highest BCUT2D eigenvalue weighted by atomic mass is 19.1. The first-order valence-electron chi connectivity index (χ1n) is 7.22. The van der Waals surface area contributed by atoms with Crippen LogP contribution >= 0.6 is 0 Å². The van der Waals surface area contributed by atoms with Crippen molar-refractivity contribution in [1.82, 2.24) is 9.80 Å². The number of aliphatic hydroxyl groups is 1. The third-order valence-electron chi connectivity index (χ3n) is 4.09. The zero-order valence-electron chi connectivity index (χ0n) is 11.8. The van der Waals surface area contributed by atoms with Crippen LogP contribution in [0.2, 0.25) is 0 Å². The molecule has 1 aromatic rings. The summed E-state index contributed by atoms with van der Waals surface area (Å²) in [7, 11) is 0. The number of rotatable bonds is 3. The first-order chi connectivity index (χ1) is 10.2. The summed E-state index contributed by atoms with van der Waals surface area (Å²) >= 11 is 0. The second-order valence-electron chi connectivity index (χ2n) is 5.54. The molecule has 1 amide bonds. The van der Waals surface area contributed by atoms with Crippen molar-refractivity contribution in [3.05, 3.63) is 29.6 Å². The molecule has 2 aliphatic rings. The van der Waals surface area contributed by atoms with Crippen molar-refractivity contribution in [3.8, 4) is 5.75 Å². The molecule has 0 radical (unpaired) electrons. The van der Waals surface area contributed by atoms with Gasteiger partial charge in [-0.3, -0.25) is 9.69 Å². The van der Waals surface area contributed by atoms with Gasteiger partial charge in [0.25, 0.3) is 0 Å². The van der Waals surface area contributed by atoms with Gasteiger partial charge in [0.05, 0.1) is 0 Å². The Morgan fingerprint density at radius 1 is 1.33 bits per heavy atom. The van der Waals surface area contributed by atoms with E-state index in [1.54, 1.807) is 11.0 Å². The fourth-order valence-electron chi connectivity index (χ4n) is 2.96. The second-order valence-corrected chi connectivity index (χ2v) is 5.54. The van der Waals surface area contributed by atoms with Crippen LogP contribution in [0.1, 0.15) is 5.56 Å². The molecule has 0 aromatic heterocycles. The van der Waals surface area contributed by atoms with E-state index in [0.717, 1.165) is 37.4 Å². The molecular weight excluding hydrogens is 275 g/mol. The number of carbonyl (C=O) groups is 1. The summed E-state index contributed by atoms with van der Waals surface area (Å²) in [5, 5.41) is 8.85. The van der Waals surface area contributed by atoms with E-state index in [-0.39, 0.29) is 17.8 Å². The number of carbonyl (C=O) groups excluding carboxylic acids is 1. The van der Waals surface area contributed by atoms with Gasteiger partial charge >= 0.3 is 0 Å². The monoisotopic (exact) mass is 294 g/mol. The van der Waals surface area contributed by atoms with Gasteiger partial charge in [-0.15, -0.1) is 0 Å². The molecule has 1 atom stereocenters. The van der Waals surface area contributed by atoms with Crippen LogP contribution in [0.4, 0.5) is 4.39 Å². The van der Waals surface area contributed by atoms with Crippen LogP contribution in [0, 0.1) is 5.82 Å². The lowest BCUT2D eigenvalue weighted by Crippen LogP contribution is -2.51. The molecule has 21 heavy (non-hydrogen) atoms. The Morgan fingerprint density at radius 2 is 2.10 bits per heavy atom. The third kappa shape index (κ3) is 3.16. The van der Waals surface area contributed by atoms with Crippen LogP contribution in [-0.4, -0.2) is 66.2 Å². The van der Waals surface area contributed by atoms with Crippen molar-refractivity contribution >= 4 is 5.91 Å². The number of aliphatic hydroxyl groups excluding tert-OH is 1. The average molecular weight is 294 g/mol. The Morgan fingerprint density at radius 3 is 2.81 bits per heavy atom. The van der Waals surface area contributed by atoms with Crippen LogP contribution in [0.15, 0.2) is 18.2 Å². The van der Waals surface area contributed by atoms with Crippen molar-refractivity contribution in [1.29, 1.82) is 0 Å². The van der Waals surface area contributed by atoms with Crippen LogP contribution in [0.5, 0.6) is 5.75 Å². The first kappa shape index (κ1) is 14.3. The number of nitrogens with zero attached hydrogens (tertiary/aromatic N) is 2. The average Bonchev–Trinajstić information content (AvgIpc) is 2.88. The molecule has 3 rings (SSSR count). The van der Waals surface area contributed by atoms with E-state index in [9.17, 15) is 9.18 Å². The van der Waals surface area contributed by atoms with E-state index in [4.69, 9.17) is 9.84 Å². The topological polar surface area (TPSA) is 53.0 Å². The Hall–Kier alpha value is -1.66. The number of benzene rings is 1. The Balaban J connectivity index is 1.50. The van der Waals surface area contributed by atoms with E-state index in [1.807, 2.05) is 0 Å². The van der Waals surface area contributed by atoms with Crippen LogP contribution in [-0.2, 0) is 11.2 Å². The predicted octanol–water partition coefficient (Wildman–Crippen LogP) is 0.266. The van der Waals surface area contributed by atoms with E-state index in [1.165, 1.54) is 12.1 Å². The predicted molar refractivity (Wildman–Crippen MR) is 74.6 cm³/mol. The molecule has 2 heterocycles. The second kappa shape index (κ2) is 5.99. The minimum Gasteiger partial charge on any atom is -0.488 e. The summed E-state index contributed by atoms with van der Waals surface area (Å²) in [5.41, 5.74) is 0.925. The summed E-state index contributed by atoms with van der Waals surface area (Å²) < 4.78 is 19.0. The van der Waals surface area contributed by atoms with Crippen molar-refractivity contribution in [2.24, 2.45) is 0 Å². The molecule has 1 unspecified atom stereocenters. The fraction of sp³-hybridized carbons (Fsp3) is 0.533. The van der Waals surface area contributed by atoms with Gasteiger partial charge in [-0.2, -0.15) is 0 Å². The molecule has 114 valence electrons. The molecule has 0 spiro atoms. The summed E-state index contributed by atoms with van der Waals surface area (Å²) in [6.07, 6.45) is 0.768. The lowest BCUT2D eigenvalue weighted by molar-refractivity contribution is -0.136. The van der Waals surface area contributed by atoms with Gasteiger partial charge < -0.3 is 14.7 Å². The van der Waals surface area contributed by atoms with E-state index in [2.05, 4.69) is 4.90 Å². The van der Waals surface area contributed by atoms with Crippen molar-refractivity contribution in [2.75, 3.05) is 39.3 Å². The van der Waals surface area contributed by atoms with Crippen LogP contribution < -0.4 is 4.74 Å². The normalized spacial score (nSPS) is 22.0. The number of amides is 1. The van der Waals surface area contributed by atoms with Gasteiger partial charge in [0.1, 0.15) is 24.3 Å². The van der Waals surface area contributed by atoms with E-state index in [0.29, 0.717) is 13.1 Å². The van der Waals surface area contributed by atoms with Gasteiger partial charge in [-0.1, -0.05) is 0 Å². The maximum atomic E-state index is 13.2. The van der Waals surface area contributed by atoms with E-state index >= 15 is 0 Å². The molecule has 0 aliphatic carbocycles. The zero-order chi connectivity index (χ0) is 14.8. The first-order valence-corrected chi connectivity index (χ1v) is 7.22. The number of piperazine rings is 1. The Kier molecular flexibility index (Phi) is 4.07. The SMILES string of the molecule is O=C(CO)N1CCN(CC2Cc3cc(F)ccc3O2)CC1. The highest BCUT2D eigenvalue weighted by Crippen LogP contribution is 2.29. The highest BCUT2D eigenvalue weighted by molar-refractivity contribution is 5.77. The number of ether oxygens (including phenoxy) is 1. The number of fused-ring (bicyclic) bond motifs is 1. The van der Waals surface area contributed by atoms with Gasteiger partial charge in [0.2, 0.25) is 5.91 Å². The molecule has 6 heteroatoms. The molecule has 0 bridgehead atoms. The number of hydrogen-bond donors (Lipinski definition) is 1. The maximum Gasteiger partial charge on any atom is 0.248 e. The van der Waals surface area contributed by atoms with E-state index < -0.39 is 6.61 Å². The van der Waals surface area contributed by atoms with Crippen molar-refractivity contribution < 1.29 is 19.0 Å². The summed E-state index contributed by atoms with van der Waals surface area (Å²) in [6.45, 7) is 3.16.